The molecule has 3 aromatic heterocycles. The minimum atomic E-state index is -0.0848. The number of aromatic hydroxyl groups is 1. The van der Waals surface area contributed by atoms with Gasteiger partial charge in [-0.15, -0.1) is 0 Å². The van der Waals surface area contributed by atoms with Crippen LogP contribution in [0.15, 0.2) is 42.7 Å². The predicted octanol–water partition coefficient (Wildman–Crippen LogP) is 2.10. The third kappa shape index (κ3) is 5.36. The second-order valence-corrected chi connectivity index (χ2v) is 11.0. The summed E-state index contributed by atoms with van der Waals surface area (Å²) in [5, 5.41) is 10.4. The van der Waals surface area contributed by atoms with Gasteiger partial charge in [0, 0.05) is 29.8 Å². The zero-order valence-corrected chi connectivity index (χ0v) is 21.2. The SMILES string of the molecule is C[N+]1(C)CCN(c2ccnc(-c3cc(O)nc(-c4cc(N5CC[N+](C)(C)CC5)ccn4)n3)c2)CC1. The van der Waals surface area contributed by atoms with Crippen LogP contribution >= 0.6 is 0 Å². The summed E-state index contributed by atoms with van der Waals surface area (Å²) in [6, 6.07) is 9.71. The minimum absolute atomic E-state index is 0.0848. The average Bonchev–Trinajstić information content (AvgIpc) is 2.84. The summed E-state index contributed by atoms with van der Waals surface area (Å²) in [5.74, 6) is 0.317. The van der Waals surface area contributed by atoms with Crippen LogP contribution in [-0.2, 0) is 0 Å². The van der Waals surface area contributed by atoms with E-state index in [0.717, 1.165) is 72.7 Å². The number of pyridine rings is 2. The Bertz CT molecular complexity index is 1100. The molecule has 35 heavy (non-hydrogen) atoms. The van der Waals surface area contributed by atoms with E-state index < -0.39 is 0 Å². The topological polar surface area (TPSA) is 78.3 Å². The summed E-state index contributed by atoms with van der Waals surface area (Å²) >= 11 is 0. The van der Waals surface area contributed by atoms with Gasteiger partial charge in [-0.2, -0.15) is 4.98 Å². The van der Waals surface area contributed by atoms with E-state index in [9.17, 15) is 5.11 Å². The van der Waals surface area contributed by atoms with Crippen LogP contribution in [0.4, 0.5) is 11.4 Å². The Balaban J connectivity index is 1.40. The summed E-state index contributed by atoms with van der Waals surface area (Å²) in [6.07, 6.45) is 3.61. The van der Waals surface area contributed by atoms with Gasteiger partial charge < -0.3 is 23.9 Å². The number of aromatic nitrogens is 4. The summed E-state index contributed by atoms with van der Waals surface area (Å²) < 4.78 is 2.08. The summed E-state index contributed by atoms with van der Waals surface area (Å²) in [6.45, 7) is 8.38. The van der Waals surface area contributed by atoms with Crippen LogP contribution < -0.4 is 9.80 Å². The van der Waals surface area contributed by atoms with E-state index in [1.807, 2.05) is 24.4 Å². The van der Waals surface area contributed by atoms with E-state index in [-0.39, 0.29) is 5.88 Å². The summed E-state index contributed by atoms with van der Waals surface area (Å²) in [5.41, 5.74) is 4.18. The first-order valence-electron chi connectivity index (χ1n) is 12.3. The molecule has 1 N–H and O–H groups in total. The maximum atomic E-state index is 10.4. The van der Waals surface area contributed by atoms with Crippen molar-refractivity contribution in [3.05, 3.63) is 42.7 Å². The lowest BCUT2D eigenvalue weighted by molar-refractivity contribution is -0.890. The molecule has 2 fully saturated rings. The first-order chi connectivity index (χ1) is 16.7. The van der Waals surface area contributed by atoms with Gasteiger partial charge in [-0.1, -0.05) is 0 Å². The van der Waals surface area contributed by atoms with Crippen molar-refractivity contribution in [3.8, 4) is 28.8 Å². The van der Waals surface area contributed by atoms with Crippen LogP contribution in [0.3, 0.4) is 0 Å². The van der Waals surface area contributed by atoms with Crippen molar-refractivity contribution in [2.45, 2.75) is 0 Å². The van der Waals surface area contributed by atoms with Crippen LogP contribution in [0.5, 0.6) is 5.88 Å². The number of piperazine rings is 2. The molecule has 0 radical (unpaired) electrons. The van der Waals surface area contributed by atoms with Gasteiger partial charge in [-0.25, -0.2) is 4.98 Å². The highest BCUT2D eigenvalue weighted by atomic mass is 16.3. The fourth-order valence-electron chi connectivity index (χ4n) is 4.70. The number of rotatable bonds is 4. The molecular formula is C26H36N8O+2. The molecule has 2 saturated heterocycles. The molecule has 0 spiro atoms. The number of hydrogen-bond donors (Lipinski definition) is 1. The molecule has 0 aromatic carbocycles. The van der Waals surface area contributed by atoms with Gasteiger partial charge in [0.05, 0.1) is 91.9 Å². The molecule has 5 rings (SSSR count). The Morgan fingerprint density at radius 2 is 1.14 bits per heavy atom. The smallest absolute Gasteiger partial charge is 0.215 e. The van der Waals surface area contributed by atoms with E-state index in [4.69, 9.17) is 4.98 Å². The van der Waals surface area contributed by atoms with Crippen molar-refractivity contribution in [3.63, 3.8) is 0 Å². The largest absolute Gasteiger partial charge is 0.493 e. The van der Waals surface area contributed by atoms with Crippen molar-refractivity contribution in [1.29, 1.82) is 0 Å². The van der Waals surface area contributed by atoms with E-state index in [1.165, 1.54) is 0 Å². The molecule has 184 valence electrons. The van der Waals surface area contributed by atoms with Crippen LogP contribution in [0.1, 0.15) is 0 Å². The van der Waals surface area contributed by atoms with Crippen LogP contribution in [0.2, 0.25) is 0 Å². The average molecular weight is 477 g/mol. The number of quaternary nitrogens is 2. The molecule has 0 bridgehead atoms. The maximum absolute atomic E-state index is 10.4. The lowest BCUT2D eigenvalue weighted by atomic mass is 10.2. The molecule has 9 heteroatoms. The fourth-order valence-corrected chi connectivity index (χ4v) is 4.70. The number of likely N-dealkylation sites (N-methyl/N-ethyl adjacent to an activating group) is 2. The first-order valence-corrected chi connectivity index (χ1v) is 12.3. The second-order valence-electron chi connectivity index (χ2n) is 11.0. The minimum Gasteiger partial charge on any atom is -0.493 e. The highest BCUT2D eigenvalue weighted by Crippen LogP contribution is 2.28. The number of hydrogen-bond acceptors (Lipinski definition) is 7. The molecule has 2 aliphatic rings. The molecule has 0 amide bonds. The second kappa shape index (κ2) is 9.05. The number of anilines is 2. The van der Waals surface area contributed by atoms with Gasteiger partial charge >= 0.3 is 0 Å². The standard InChI is InChI=1S/C26H35N8O/c1-33(2)13-9-31(10-14-33)20-5-7-27-22(17-20)23-19-25(35)30-26(29-23)24-18-21(6-8-28-24)32-11-15-34(3,4)16-12-32/h5-8,17-19H,9-16H2,1-4H3/q+1/p+1. The Kier molecular flexibility index (Phi) is 6.06. The van der Waals surface area contributed by atoms with Crippen LogP contribution in [-0.4, -0.2) is 115 Å². The van der Waals surface area contributed by atoms with Gasteiger partial charge in [-0.3, -0.25) is 9.97 Å². The monoisotopic (exact) mass is 476 g/mol. The predicted molar refractivity (Wildman–Crippen MR) is 138 cm³/mol. The number of nitrogens with zero attached hydrogens (tertiary/aromatic N) is 8. The zero-order valence-electron chi connectivity index (χ0n) is 21.2. The first kappa shape index (κ1) is 23.4. The van der Waals surface area contributed by atoms with Gasteiger partial charge in [-0.05, 0) is 24.3 Å². The van der Waals surface area contributed by atoms with E-state index in [0.29, 0.717) is 22.9 Å². The van der Waals surface area contributed by atoms with Crippen molar-refractivity contribution >= 4 is 11.4 Å². The molecule has 0 aliphatic carbocycles. The normalized spacial score (nSPS) is 19.5. The van der Waals surface area contributed by atoms with Gasteiger partial charge in [0.2, 0.25) is 5.88 Å². The zero-order chi connectivity index (χ0) is 24.6. The van der Waals surface area contributed by atoms with Crippen molar-refractivity contribution in [1.82, 2.24) is 19.9 Å². The van der Waals surface area contributed by atoms with Gasteiger partial charge in [0.15, 0.2) is 5.82 Å². The van der Waals surface area contributed by atoms with Crippen LogP contribution in [0, 0.1) is 0 Å². The van der Waals surface area contributed by atoms with E-state index in [2.05, 4.69) is 59.0 Å². The van der Waals surface area contributed by atoms with Crippen molar-refractivity contribution in [2.24, 2.45) is 0 Å². The molecule has 9 nitrogen and oxygen atoms in total. The lowest BCUT2D eigenvalue weighted by Crippen LogP contribution is -2.54. The third-order valence-electron chi connectivity index (χ3n) is 7.32. The molecule has 0 unspecified atom stereocenters. The fraction of sp³-hybridized carbons (Fsp3) is 0.462. The van der Waals surface area contributed by atoms with Crippen LogP contribution in [0.25, 0.3) is 22.9 Å². The molecule has 0 saturated carbocycles. The van der Waals surface area contributed by atoms with Gasteiger partial charge in [0.25, 0.3) is 0 Å². The molecule has 0 atom stereocenters. The third-order valence-corrected chi connectivity index (χ3v) is 7.32. The van der Waals surface area contributed by atoms with Gasteiger partial charge in [0.1, 0.15) is 5.69 Å². The quantitative estimate of drug-likeness (QED) is 0.578. The molecule has 3 aromatic rings. The maximum Gasteiger partial charge on any atom is 0.215 e. The molecular weight excluding hydrogens is 440 g/mol. The molecule has 2 aliphatic heterocycles. The summed E-state index contributed by atoms with van der Waals surface area (Å²) in [4.78, 5) is 22.9. The van der Waals surface area contributed by atoms with Crippen molar-refractivity contribution < 1.29 is 14.1 Å². The van der Waals surface area contributed by atoms with E-state index in [1.54, 1.807) is 12.3 Å². The lowest BCUT2D eigenvalue weighted by Gasteiger charge is -2.40. The summed E-state index contributed by atoms with van der Waals surface area (Å²) in [7, 11) is 9.08. The van der Waals surface area contributed by atoms with E-state index >= 15 is 0 Å². The highest BCUT2D eigenvalue weighted by molar-refractivity contribution is 5.66. The van der Waals surface area contributed by atoms with Crippen molar-refractivity contribution in [2.75, 3.05) is 90.3 Å². The Hall–Kier alpha value is -3.30. The Labute approximate surface area is 207 Å². The highest BCUT2D eigenvalue weighted by Gasteiger charge is 2.26. The Morgan fingerprint density at radius 1 is 0.657 bits per heavy atom. The molecule has 5 heterocycles. The Morgan fingerprint density at radius 3 is 1.69 bits per heavy atom.